The minimum Gasteiger partial charge on any atom is -0.459 e. The minimum atomic E-state index is 0.0563. The van der Waals surface area contributed by atoms with Gasteiger partial charge in [0.25, 0.3) is 5.91 Å². The summed E-state index contributed by atoms with van der Waals surface area (Å²) in [7, 11) is 0. The second kappa shape index (κ2) is 7.75. The molecule has 2 fully saturated rings. The van der Waals surface area contributed by atoms with Crippen molar-refractivity contribution in [2.24, 2.45) is 5.41 Å². The van der Waals surface area contributed by atoms with Gasteiger partial charge in [-0.25, -0.2) is 0 Å². The number of likely N-dealkylation sites (tertiary alicyclic amines) is 2. The van der Waals surface area contributed by atoms with E-state index < -0.39 is 0 Å². The molecular formula is C24H32N2O2. The zero-order chi connectivity index (χ0) is 19.7. The Hall–Kier alpha value is -2.07. The van der Waals surface area contributed by atoms with Gasteiger partial charge in [-0.1, -0.05) is 38.1 Å². The molecule has 4 heteroatoms. The Bertz CT molecular complexity index is 823. The molecule has 1 atom stereocenters. The predicted molar refractivity (Wildman–Crippen MR) is 111 cm³/mol. The summed E-state index contributed by atoms with van der Waals surface area (Å²) in [4.78, 5) is 17.4. The molecule has 28 heavy (non-hydrogen) atoms. The van der Waals surface area contributed by atoms with Crippen molar-refractivity contribution in [3.05, 3.63) is 59.0 Å². The van der Waals surface area contributed by atoms with E-state index in [0.29, 0.717) is 11.7 Å². The van der Waals surface area contributed by atoms with E-state index in [-0.39, 0.29) is 11.3 Å². The van der Waals surface area contributed by atoms with Crippen molar-refractivity contribution >= 4 is 5.91 Å². The number of amides is 1. The number of nitrogens with zero attached hydrogens (tertiary/aromatic N) is 2. The van der Waals surface area contributed by atoms with Gasteiger partial charge in [-0.3, -0.25) is 9.69 Å². The van der Waals surface area contributed by atoms with Crippen LogP contribution in [0.2, 0.25) is 0 Å². The van der Waals surface area contributed by atoms with E-state index in [4.69, 9.17) is 4.42 Å². The number of furan rings is 1. The second-order valence-electron chi connectivity index (χ2n) is 9.12. The largest absolute Gasteiger partial charge is 0.459 e. The van der Waals surface area contributed by atoms with Gasteiger partial charge >= 0.3 is 0 Å². The molecule has 3 heterocycles. The molecule has 1 spiro atoms. The Morgan fingerprint density at radius 3 is 2.57 bits per heavy atom. The van der Waals surface area contributed by atoms with Gasteiger partial charge in [-0.15, -0.1) is 0 Å². The first-order valence-electron chi connectivity index (χ1n) is 10.6. The van der Waals surface area contributed by atoms with Crippen LogP contribution in [-0.2, 0) is 6.54 Å². The van der Waals surface area contributed by atoms with Crippen LogP contribution in [0.25, 0.3) is 0 Å². The zero-order valence-corrected chi connectivity index (χ0v) is 17.4. The lowest BCUT2D eigenvalue weighted by Crippen LogP contribution is -2.45. The van der Waals surface area contributed by atoms with E-state index in [1.54, 1.807) is 6.26 Å². The molecule has 0 bridgehead atoms. The average Bonchev–Trinajstić information content (AvgIpc) is 3.28. The molecule has 2 aliphatic rings. The number of carbonyl (C=O) groups excluding carboxylic acids is 1. The second-order valence-corrected chi connectivity index (χ2v) is 9.12. The van der Waals surface area contributed by atoms with E-state index in [1.165, 1.54) is 24.0 Å². The van der Waals surface area contributed by atoms with Crippen LogP contribution in [-0.4, -0.2) is 41.9 Å². The maximum atomic E-state index is 12.8. The highest BCUT2D eigenvalue weighted by Gasteiger charge is 2.43. The molecule has 0 saturated carbocycles. The minimum absolute atomic E-state index is 0.0563. The third kappa shape index (κ3) is 3.88. The Morgan fingerprint density at radius 1 is 1.11 bits per heavy atom. The number of benzene rings is 1. The van der Waals surface area contributed by atoms with Crippen LogP contribution in [0.15, 0.2) is 41.0 Å². The van der Waals surface area contributed by atoms with E-state index in [0.717, 1.165) is 44.7 Å². The van der Waals surface area contributed by atoms with Crippen molar-refractivity contribution in [1.82, 2.24) is 9.80 Å². The Morgan fingerprint density at radius 2 is 1.89 bits per heavy atom. The highest BCUT2D eigenvalue weighted by atomic mass is 16.3. The Kier molecular flexibility index (Phi) is 5.33. The maximum absolute atomic E-state index is 12.8. The molecule has 0 unspecified atom stereocenters. The first-order valence-corrected chi connectivity index (χ1v) is 10.6. The first-order chi connectivity index (χ1) is 13.5. The highest BCUT2D eigenvalue weighted by molar-refractivity contribution is 5.93. The van der Waals surface area contributed by atoms with Gasteiger partial charge in [0.15, 0.2) is 5.76 Å². The summed E-state index contributed by atoms with van der Waals surface area (Å²) in [6.07, 6.45) is 5.14. The van der Waals surface area contributed by atoms with Crippen LogP contribution >= 0.6 is 0 Å². The smallest absolute Gasteiger partial charge is 0.289 e. The lowest BCUT2D eigenvalue weighted by Gasteiger charge is -2.40. The van der Waals surface area contributed by atoms with E-state index in [2.05, 4.69) is 43.0 Å². The third-order valence-corrected chi connectivity index (χ3v) is 6.57. The molecule has 0 N–H and O–H groups in total. The lowest BCUT2D eigenvalue weighted by atomic mass is 9.79. The van der Waals surface area contributed by atoms with Gasteiger partial charge in [0.1, 0.15) is 0 Å². The molecule has 4 rings (SSSR count). The molecule has 4 nitrogen and oxygen atoms in total. The molecule has 1 aromatic carbocycles. The van der Waals surface area contributed by atoms with Gasteiger partial charge in [0, 0.05) is 37.2 Å². The molecule has 150 valence electrons. The van der Waals surface area contributed by atoms with E-state index in [1.807, 2.05) is 17.9 Å². The Balaban J connectivity index is 1.39. The SMILES string of the molecule is Cc1ccoc1C(=O)N1CC[C@@]2(CCCN(Cc3ccc(C(C)C)cc3)C2)C1. The van der Waals surface area contributed by atoms with Crippen LogP contribution in [0.3, 0.4) is 0 Å². The van der Waals surface area contributed by atoms with Crippen LogP contribution in [0.1, 0.15) is 66.3 Å². The van der Waals surface area contributed by atoms with Gasteiger partial charge in [-0.2, -0.15) is 0 Å². The fourth-order valence-electron chi connectivity index (χ4n) is 4.89. The first kappa shape index (κ1) is 19.3. The molecular weight excluding hydrogens is 348 g/mol. The molecule has 0 radical (unpaired) electrons. The van der Waals surface area contributed by atoms with Crippen LogP contribution in [0.5, 0.6) is 0 Å². The topological polar surface area (TPSA) is 36.7 Å². The number of hydrogen-bond acceptors (Lipinski definition) is 3. The quantitative estimate of drug-likeness (QED) is 0.761. The lowest BCUT2D eigenvalue weighted by molar-refractivity contribution is 0.0650. The standard InChI is InChI=1S/C24H32N2O2/c1-18(2)21-7-5-20(6-8-21)15-25-12-4-10-24(16-25)11-13-26(17-24)23(27)22-19(3)9-14-28-22/h5-9,14,18H,4,10-13,15-17H2,1-3H3/t24-/m1/s1. The van der Waals surface area contributed by atoms with Crippen LogP contribution in [0.4, 0.5) is 0 Å². The normalized spacial score (nSPS) is 23.1. The molecule has 1 amide bonds. The van der Waals surface area contributed by atoms with E-state index >= 15 is 0 Å². The fourth-order valence-corrected chi connectivity index (χ4v) is 4.89. The Labute approximate surface area is 168 Å². The highest BCUT2D eigenvalue weighted by Crippen LogP contribution is 2.40. The van der Waals surface area contributed by atoms with Crippen molar-refractivity contribution in [2.45, 2.75) is 52.5 Å². The molecule has 2 saturated heterocycles. The van der Waals surface area contributed by atoms with Crippen LogP contribution in [0, 0.1) is 12.3 Å². The maximum Gasteiger partial charge on any atom is 0.289 e. The van der Waals surface area contributed by atoms with Gasteiger partial charge in [0.2, 0.25) is 0 Å². The van der Waals surface area contributed by atoms with Crippen molar-refractivity contribution in [3.63, 3.8) is 0 Å². The van der Waals surface area contributed by atoms with E-state index in [9.17, 15) is 4.79 Å². The van der Waals surface area contributed by atoms with Crippen molar-refractivity contribution in [2.75, 3.05) is 26.2 Å². The summed E-state index contributed by atoms with van der Waals surface area (Å²) in [5.74, 6) is 1.14. The molecule has 2 aromatic rings. The number of rotatable bonds is 4. The predicted octanol–water partition coefficient (Wildman–Crippen LogP) is 4.84. The van der Waals surface area contributed by atoms with Crippen molar-refractivity contribution < 1.29 is 9.21 Å². The third-order valence-electron chi connectivity index (χ3n) is 6.57. The van der Waals surface area contributed by atoms with Gasteiger partial charge < -0.3 is 9.32 Å². The summed E-state index contributed by atoms with van der Waals surface area (Å²) in [6.45, 7) is 11.4. The number of hydrogen-bond donors (Lipinski definition) is 0. The summed E-state index contributed by atoms with van der Waals surface area (Å²) in [6, 6.07) is 11.0. The van der Waals surface area contributed by atoms with Crippen LogP contribution < -0.4 is 0 Å². The summed E-state index contributed by atoms with van der Waals surface area (Å²) in [5, 5.41) is 0. The van der Waals surface area contributed by atoms with Crippen molar-refractivity contribution in [3.8, 4) is 0 Å². The fraction of sp³-hybridized carbons (Fsp3) is 0.542. The summed E-state index contributed by atoms with van der Waals surface area (Å²) in [5.41, 5.74) is 3.96. The van der Waals surface area contributed by atoms with Crippen molar-refractivity contribution in [1.29, 1.82) is 0 Å². The average molecular weight is 381 g/mol. The molecule has 2 aliphatic heterocycles. The number of carbonyl (C=O) groups is 1. The zero-order valence-electron chi connectivity index (χ0n) is 17.4. The summed E-state index contributed by atoms with van der Waals surface area (Å²) >= 11 is 0. The number of aryl methyl sites for hydroxylation is 1. The van der Waals surface area contributed by atoms with Gasteiger partial charge in [-0.05, 0) is 55.8 Å². The monoisotopic (exact) mass is 380 g/mol. The molecule has 1 aromatic heterocycles. The number of piperidine rings is 1. The summed E-state index contributed by atoms with van der Waals surface area (Å²) < 4.78 is 5.44. The molecule has 0 aliphatic carbocycles. The van der Waals surface area contributed by atoms with Gasteiger partial charge in [0.05, 0.1) is 6.26 Å².